The zero-order chi connectivity index (χ0) is 17.7. The summed E-state index contributed by atoms with van der Waals surface area (Å²) in [6.45, 7) is 0.862. The zero-order valence-corrected chi connectivity index (χ0v) is 14.9. The quantitative estimate of drug-likeness (QED) is 0.567. The van der Waals surface area contributed by atoms with Gasteiger partial charge >= 0.3 is 12.1 Å². The average Bonchev–Trinajstić information content (AvgIpc) is 2.93. The van der Waals surface area contributed by atoms with Crippen LogP contribution in [0.1, 0.15) is 38.5 Å². The van der Waals surface area contributed by atoms with Crippen LogP contribution in [0.2, 0.25) is 0 Å². The molecule has 0 N–H and O–H groups in total. The first-order valence-electron chi connectivity index (χ1n) is 8.64. The summed E-state index contributed by atoms with van der Waals surface area (Å²) in [5, 5.41) is 0. The molecule has 134 valence electrons. The van der Waals surface area contributed by atoms with Crippen molar-refractivity contribution in [3.8, 4) is 12.3 Å². The monoisotopic (exact) mass is 336 g/mol. The number of carbonyl (C=O) groups excluding carboxylic acids is 2. The highest BCUT2D eigenvalue weighted by Gasteiger charge is 2.49. The van der Waals surface area contributed by atoms with Gasteiger partial charge in [-0.15, -0.1) is 6.42 Å². The molecule has 0 aromatic carbocycles. The molecule has 2 fully saturated rings. The molecule has 0 aromatic rings. The summed E-state index contributed by atoms with van der Waals surface area (Å²) in [4.78, 5) is 27.9. The van der Waals surface area contributed by atoms with E-state index in [0.29, 0.717) is 12.8 Å². The Kier molecular flexibility index (Phi) is 6.50. The standard InChI is InChI=1S/C18H28N2O4/c1-5-13-12-14-15(20(13)18(22)23-4)8-6-9-16(14)24-17(21)10-7-11-19(2)3/h1,13-16H,6-12H2,2-4H3/t13?,14-,15-,16+/m1/s1. The summed E-state index contributed by atoms with van der Waals surface area (Å²) >= 11 is 0. The second-order valence-corrected chi connectivity index (χ2v) is 6.89. The molecule has 0 radical (unpaired) electrons. The van der Waals surface area contributed by atoms with Crippen molar-refractivity contribution >= 4 is 12.1 Å². The van der Waals surface area contributed by atoms with E-state index in [9.17, 15) is 9.59 Å². The van der Waals surface area contributed by atoms with Gasteiger partial charge < -0.3 is 14.4 Å². The first-order chi connectivity index (χ1) is 11.5. The van der Waals surface area contributed by atoms with Gasteiger partial charge in [-0.2, -0.15) is 0 Å². The Bertz CT molecular complexity index is 500. The van der Waals surface area contributed by atoms with E-state index in [1.54, 1.807) is 4.90 Å². The van der Waals surface area contributed by atoms with Gasteiger partial charge in [-0.25, -0.2) is 4.79 Å². The van der Waals surface area contributed by atoms with Crippen molar-refractivity contribution in [3.05, 3.63) is 0 Å². The fourth-order valence-corrected chi connectivity index (χ4v) is 3.89. The highest BCUT2D eigenvalue weighted by atomic mass is 16.5. The number of carbonyl (C=O) groups is 2. The molecule has 6 nitrogen and oxygen atoms in total. The Morgan fingerprint density at radius 2 is 2.08 bits per heavy atom. The van der Waals surface area contributed by atoms with E-state index in [1.165, 1.54) is 7.11 Å². The van der Waals surface area contributed by atoms with Crippen LogP contribution >= 0.6 is 0 Å². The predicted molar refractivity (Wildman–Crippen MR) is 90.3 cm³/mol. The van der Waals surface area contributed by atoms with Crippen molar-refractivity contribution in [3.63, 3.8) is 0 Å². The van der Waals surface area contributed by atoms with Crippen LogP contribution in [-0.4, -0.2) is 67.8 Å². The average molecular weight is 336 g/mol. The molecule has 6 heteroatoms. The molecular formula is C18H28N2O4. The van der Waals surface area contributed by atoms with E-state index >= 15 is 0 Å². The molecule has 1 aliphatic carbocycles. The largest absolute Gasteiger partial charge is 0.462 e. The third kappa shape index (κ3) is 4.21. The summed E-state index contributed by atoms with van der Waals surface area (Å²) in [7, 11) is 5.34. The molecule has 24 heavy (non-hydrogen) atoms. The van der Waals surface area contributed by atoms with Crippen LogP contribution in [0.15, 0.2) is 0 Å². The summed E-state index contributed by atoms with van der Waals surface area (Å²) in [6.07, 6.45) is 9.58. The highest BCUT2D eigenvalue weighted by molar-refractivity contribution is 5.70. The van der Waals surface area contributed by atoms with Gasteiger partial charge in [0, 0.05) is 18.4 Å². The van der Waals surface area contributed by atoms with E-state index in [1.807, 2.05) is 19.0 Å². The number of fused-ring (bicyclic) bond motifs is 1. The molecule has 1 unspecified atom stereocenters. The van der Waals surface area contributed by atoms with Gasteiger partial charge in [-0.3, -0.25) is 9.69 Å². The fourth-order valence-electron chi connectivity index (χ4n) is 3.89. The normalized spacial score (nSPS) is 29.0. The minimum atomic E-state index is -0.386. The molecule has 4 atom stereocenters. The van der Waals surface area contributed by atoms with Crippen molar-refractivity contribution in [1.82, 2.24) is 9.80 Å². The number of hydrogen-bond donors (Lipinski definition) is 0. The molecule has 0 spiro atoms. The molecule has 0 bridgehead atoms. The number of amides is 1. The lowest BCUT2D eigenvalue weighted by molar-refractivity contribution is -0.154. The van der Waals surface area contributed by atoms with Gasteiger partial charge in [0.05, 0.1) is 13.2 Å². The lowest BCUT2D eigenvalue weighted by Gasteiger charge is -2.36. The first kappa shape index (κ1) is 18.6. The predicted octanol–water partition coefficient (Wildman–Crippen LogP) is 1.88. The molecule has 1 heterocycles. The number of esters is 1. The van der Waals surface area contributed by atoms with Crippen molar-refractivity contribution in [2.45, 2.75) is 56.7 Å². The third-order valence-electron chi connectivity index (χ3n) is 5.00. The molecule has 2 aliphatic rings. The van der Waals surface area contributed by atoms with Gasteiger partial charge in [0.25, 0.3) is 0 Å². The molecule has 1 saturated carbocycles. The van der Waals surface area contributed by atoms with Crippen molar-refractivity contribution < 1.29 is 19.1 Å². The van der Waals surface area contributed by atoms with E-state index in [-0.39, 0.29) is 36.2 Å². The van der Waals surface area contributed by atoms with Gasteiger partial charge in [-0.05, 0) is 52.7 Å². The minimum absolute atomic E-state index is 0.00632. The highest BCUT2D eigenvalue weighted by Crippen LogP contribution is 2.41. The summed E-state index contributed by atoms with van der Waals surface area (Å²) < 4.78 is 10.6. The van der Waals surface area contributed by atoms with E-state index in [4.69, 9.17) is 15.9 Å². The van der Waals surface area contributed by atoms with Crippen LogP contribution in [0.5, 0.6) is 0 Å². The number of ether oxygens (including phenoxy) is 2. The molecule has 2 rings (SSSR count). The number of rotatable bonds is 5. The molecule has 1 saturated heterocycles. The maximum Gasteiger partial charge on any atom is 0.410 e. The smallest absolute Gasteiger partial charge is 0.410 e. The summed E-state index contributed by atoms with van der Waals surface area (Å²) in [6, 6.07) is -0.271. The molecule has 1 aliphatic heterocycles. The maximum atomic E-state index is 12.1. The summed E-state index contributed by atoms with van der Waals surface area (Å²) in [5.74, 6) is 2.64. The van der Waals surface area contributed by atoms with Crippen LogP contribution in [0, 0.1) is 18.3 Å². The fraction of sp³-hybridized carbons (Fsp3) is 0.778. The number of methoxy groups -OCH3 is 1. The summed E-state index contributed by atoms with van der Waals surface area (Å²) in [5.41, 5.74) is 0. The Balaban J connectivity index is 1.97. The molecule has 0 aromatic heterocycles. The molecule has 1 amide bonds. The number of likely N-dealkylation sites (tertiary alicyclic amines) is 1. The second-order valence-electron chi connectivity index (χ2n) is 6.89. The zero-order valence-electron chi connectivity index (χ0n) is 14.9. The third-order valence-corrected chi connectivity index (χ3v) is 5.00. The maximum absolute atomic E-state index is 12.1. The first-order valence-corrected chi connectivity index (χ1v) is 8.64. The van der Waals surface area contributed by atoms with Crippen molar-refractivity contribution in [2.24, 2.45) is 5.92 Å². The van der Waals surface area contributed by atoms with Gasteiger partial charge in [0.2, 0.25) is 0 Å². The lowest BCUT2D eigenvalue weighted by atomic mass is 9.82. The van der Waals surface area contributed by atoms with Crippen LogP contribution < -0.4 is 0 Å². The molecular weight excluding hydrogens is 308 g/mol. The number of terminal acetylenes is 1. The van der Waals surface area contributed by atoms with Crippen LogP contribution in [0.3, 0.4) is 0 Å². The number of hydrogen-bond acceptors (Lipinski definition) is 5. The van der Waals surface area contributed by atoms with Gasteiger partial charge in [0.1, 0.15) is 6.10 Å². The second kappa shape index (κ2) is 8.39. The van der Waals surface area contributed by atoms with Crippen molar-refractivity contribution in [1.29, 1.82) is 0 Å². The lowest BCUT2D eigenvalue weighted by Crippen LogP contribution is -2.46. The topological polar surface area (TPSA) is 59.1 Å². The Morgan fingerprint density at radius 1 is 1.33 bits per heavy atom. The van der Waals surface area contributed by atoms with Gasteiger partial charge in [0.15, 0.2) is 0 Å². The van der Waals surface area contributed by atoms with E-state index < -0.39 is 0 Å². The van der Waals surface area contributed by atoms with E-state index in [0.717, 1.165) is 32.2 Å². The minimum Gasteiger partial charge on any atom is -0.462 e. The SMILES string of the molecule is C#CC1C[C@H]2[C@@H](OC(=O)CCCN(C)C)CCC[C@H]2N1C(=O)OC. The number of nitrogens with zero attached hydrogens (tertiary/aromatic N) is 2. The van der Waals surface area contributed by atoms with Crippen molar-refractivity contribution in [2.75, 3.05) is 27.7 Å². The van der Waals surface area contributed by atoms with Crippen LogP contribution in [0.25, 0.3) is 0 Å². The Morgan fingerprint density at radius 3 is 2.71 bits per heavy atom. The van der Waals surface area contributed by atoms with Crippen LogP contribution in [-0.2, 0) is 14.3 Å². The van der Waals surface area contributed by atoms with Crippen LogP contribution in [0.4, 0.5) is 4.79 Å². The van der Waals surface area contributed by atoms with Gasteiger partial charge in [-0.1, -0.05) is 5.92 Å². The van der Waals surface area contributed by atoms with E-state index in [2.05, 4.69) is 5.92 Å². The Hall–Kier alpha value is -1.74. The Labute approximate surface area is 144 Å².